The summed E-state index contributed by atoms with van der Waals surface area (Å²) in [6.45, 7) is 1.97. The predicted octanol–water partition coefficient (Wildman–Crippen LogP) is 2.17. The maximum atomic E-state index is 9.63. The van der Waals surface area contributed by atoms with E-state index in [1.54, 1.807) is 12.1 Å². The van der Waals surface area contributed by atoms with Gasteiger partial charge in [-0.15, -0.1) is 0 Å². The van der Waals surface area contributed by atoms with Gasteiger partial charge in [-0.2, -0.15) is 0 Å². The van der Waals surface area contributed by atoms with E-state index < -0.39 is 5.72 Å². The second-order valence-corrected chi connectivity index (χ2v) is 5.80. The standard InChI is InChI=1S/C11H11BrN2O2S/c1-11-4-8(13-10(17)14-11)6-2-5(15)3-7(12)9(6)16-11/h2-3,8,15H,4H2,1H3,(H2,13,14,17). The lowest BCUT2D eigenvalue weighted by Crippen LogP contribution is -2.62. The molecule has 2 aliphatic heterocycles. The van der Waals surface area contributed by atoms with E-state index in [-0.39, 0.29) is 11.8 Å². The molecule has 0 spiro atoms. The molecule has 0 aromatic heterocycles. The van der Waals surface area contributed by atoms with Gasteiger partial charge in [-0.05, 0) is 47.2 Å². The molecule has 3 N–H and O–H groups in total. The minimum atomic E-state index is -0.487. The molecule has 0 aliphatic carbocycles. The molecule has 6 heteroatoms. The number of thiocarbonyl (C=S) groups is 1. The molecule has 1 aromatic rings. The first kappa shape index (κ1) is 11.1. The van der Waals surface area contributed by atoms with Gasteiger partial charge in [-0.1, -0.05) is 0 Å². The Bertz CT molecular complexity index is 522. The quantitative estimate of drug-likeness (QED) is 0.641. The second kappa shape index (κ2) is 3.49. The summed E-state index contributed by atoms with van der Waals surface area (Å²) in [5, 5.41) is 16.5. The lowest BCUT2D eigenvalue weighted by molar-refractivity contribution is 0.0240. The summed E-state index contributed by atoms with van der Waals surface area (Å²) in [4.78, 5) is 0. The molecule has 1 saturated heterocycles. The van der Waals surface area contributed by atoms with Crippen LogP contribution in [0.5, 0.6) is 11.5 Å². The van der Waals surface area contributed by atoms with Gasteiger partial charge in [0.1, 0.15) is 11.5 Å². The number of phenolic OH excluding ortho intramolecular Hbond substituents is 1. The van der Waals surface area contributed by atoms with E-state index in [9.17, 15) is 5.11 Å². The Labute approximate surface area is 112 Å². The van der Waals surface area contributed by atoms with Crippen LogP contribution in [0.25, 0.3) is 0 Å². The van der Waals surface area contributed by atoms with Crippen molar-refractivity contribution in [1.29, 1.82) is 0 Å². The van der Waals surface area contributed by atoms with Gasteiger partial charge in [-0.25, -0.2) is 0 Å². The Kier molecular flexibility index (Phi) is 2.28. The Morgan fingerprint density at radius 3 is 3.12 bits per heavy atom. The highest BCUT2D eigenvalue weighted by Gasteiger charge is 2.42. The first-order valence-electron chi connectivity index (χ1n) is 5.27. The van der Waals surface area contributed by atoms with Crippen LogP contribution in [0.4, 0.5) is 0 Å². The van der Waals surface area contributed by atoms with E-state index in [0.29, 0.717) is 5.11 Å². The SMILES string of the molecule is CC12CC(NC(=S)N1)c1cc(O)cc(Br)c1O2. The summed E-state index contributed by atoms with van der Waals surface area (Å²) >= 11 is 8.56. The molecule has 4 nitrogen and oxygen atoms in total. The van der Waals surface area contributed by atoms with Crippen LogP contribution in [0.1, 0.15) is 24.9 Å². The van der Waals surface area contributed by atoms with Crippen molar-refractivity contribution in [1.82, 2.24) is 10.6 Å². The maximum Gasteiger partial charge on any atom is 0.181 e. The number of hydrogen-bond acceptors (Lipinski definition) is 3. The van der Waals surface area contributed by atoms with E-state index >= 15 is 0 Å². The highest BCUT2D eigenvalue weighted by Crippen LogP contribution is 2.45. The third-order valence-electron chi connectivity index (χ3n) is 3.04. The molecule has 0 saturated carbocycles. The van der Waals surface area contributed by atoms with E-state index in [1.807, 2.05) is 6.92 Å². The molecular weight excluding hydrogens is 304 g/mol. The lowest BCUT2D eigenvalue weighted by Gasteiger charge is -2.45. The van der Waals surface area contributed by atoms with Gasteiger partial charge >= 0.3 is 0 Å². The molecule has 2 aliphatic rings. The zero-order valence-corrected chi connectivity index (χ0v) is 11.5. The lowest BCUT2D eigenvalue weighted by atomic mass is 9.92. The smallest absolute Gasteiger partial charge is 0.181 e. The number of phenols is 1. The molecule has 1 fully saturated rings. The van der Waals surface area contributed by atoms with Gasteiger partial charge in [0.15, 0.2) is 10.8 Å². The molecule has 3 rings (SSSR count). The Morgan fingerprint density at radius 1 is 1.59 bits per heavy atom. The first-order chi connectivity index (χ1) is 7.97. The minimum Gasteiger partial charge on any atom is -0.508 e. The highest BCUT2D eigenvalue weighted by molar-refractivity contribution is 9.10. The van der Waals surface area contributed by atoms with Gasteiger partial charge in [0, 0.05) is 12.0 Å². The normalized spacial score (nSPS) is 29.8. The largest absolute Gasteiger partial charge is 0.508 e. The molecular formula is C11H11BrN2O2S. The molecule has 2 heterocycles. The first-order valence-corrected chi connectivity index (χ1v) is 6.47. The van der Waals surface area contributed by atoms with Gasteiger partial charge in [-0.3, -0.25) is 0 Å². The van der Waals surface area contributed by atoms with Crippen molar-refractivity contribution in [2.75, 3.05) is 0 Å². The predicted molar refractivity (Wildman–Crippen MR) is 71.1 cm³/mol. The average Bonchev–Trinajstić information content (AvgIpc) is 2.19. The van der Waals surface area contributed by atoms with Crippen molar-refractivity contribution in [2.45, 2.75) is 25.1 Å². The fourth-order valence-electron chi connectivity index (χ4n) is 2.37. The van der Waals surface area contributed by atoms with Crippen LogP contribution < -0.4 is 15.4 Å². The number of halogens is 1. The van der Waals surface area contributed by atoms with Crippen LogP contribution in [0.2, 0.25) is 0 Å². The number of nitrogens with one attached hydrogen (secondary N) is 2. The molecule has 2 atom stereocenters. The van der Waals surface area contributed by atoms with E-state index in [0.717, 1.165) is 22.2 Å². The molecule has 1 aromatic carbocycles. The van der Waals surface area contributed by atoms with E-state index in [1.165, 1.54) is 0 Å². The summed E-state index contributed by atoms with van der Waals surface area (Å²) in [6.07, 6.45) is 0.760. The molecule has 0 amide bonds. The van der Waals surface area contributed by atoms with Crippen molar-refractivity contribution in [3.05, 3.63) is 22.2 Å². The summed E-state index contributed by atoms with van der Waals surface area (Å²) in [7, 11) is 0. The van der Waals surface area contributed by atoms with Crippen LogP contribution in [0, 0.1) is 0 Å². The molecule has 0 radical (unpaired) electrons. The van der Waals surface area contributed by atoms with Crippen LogP contribution in [-0.2, 0) is 0 Å². The summed E-state index contributed by atoms with van der Waals surface area (Å²) < 4.78 is 6.70. The van der Waals surface area contributed by atoms with Gasteiger partial charge in [0.2, 0.25) is 0 Å². The Morgan fingerprint density at radius 2 is 2.35 bits per heavy atom. The number of fused-ring (bicyclic) bond motifs is 4. The number of rotatable bonds is 0. The van der Waals surface area contributed by atoms with Crippen molar-refractivity contribution in [2.24, 2.45) is 0 Å². The zero-order valence-electron chi connectivity index (χ0n) is 9.08. The Balaban J connectivity index is 2.16. The van der Waals surface area contributed by atoms with Crippen LogP contribution >= 0.6 is 28.1 Å². The van der Waals surface area contributed by atoms with Crippen LogP contribution in [-0.4, -0.2) is 15.9 Å². The minimum absolute atomic E-state index is 0.0703. The summed E-state index contributed by atoms with van der Waals surface area (Å²) in [5.74, 6) is 0.970. The topological polar surface area (TPSA) is 53.5 Å². The van der Waals surface area contributed by atoms with Crippen molar-refractivity contribution < 1.29 is 9.84 Å². The van der Waals surface area contributed by atoms with Crippen molar-refractivity contribution in [3.8, 4) is 11.5 Å². The van der Waals surface area contributed by atoms with E-state index in [2.05, 4.69) is 26.6 Å². The third-order valence-corrected chi connectivity index (χ3v) is 3.85. The zero-order chi connectivity index (χ0) is 12.2. The van der Waals surface area contributed by atoms with Crippen molar-refractivity contribution >= 4 is 33.3 Å². The van der Waals surface area contributed by atoms with Crippen LogP contribution in [0.3, 0.4) is 0 Å². The van der Waals surface area contributed by atoms with Gasteiger partial charge in [0.05, 0.1) is 10.5 Å². The van der Waals surface area contributed by atoms with Gasteiger partial charge in [0.25, 0.3) is 0 Å². The highest BCUT2D eigenvalue weighted by atomic mass is 79.9. The molecule has 17 heavy (non-hydrogen) atoms. The second-order valence-electron chi connectivity index (χ2n) is 4.53. The summed E-state index contributed by atoms with van der Waals surface area (Å²) in [5.41, 5.74) is 0.442. The fourth-order valence-corrected chi connectivity index (χ4v) is 3.28. The summed E-state index contributed by atoms with van der Waals surface area (Å²) in [6, 6.07) is 3.41. The van der Waals surface area contributed by atoms with Gasteiger partial charge < -0.3 is 20.5 Å². The molecule has 2 bridgehead atoms. The molecule has 2 unspecified atom stereocenters. The molecule has 90 valence electrons. The number of hydrogen-bond donors (Lipinski definition) is 3. The average molecular weight is 315 g/mol. The van der Waals surface area contributed by atoms with E-state index in [4.69, 9.17) is 17.0 Å². The maximum absolute atomic E-state index is 9.63. The number of benzene rings is 1. The number of ether oxygens (including phenoxy) is 1. The van der Waals surface area contributed by atoms with Crippen molar-refractivity contribution in [3.63, 3.8) is 0 Å². The van der Waals surface area contributed by atoms with Crippen LogP contribution in [0.15, 0.2) is 16.6 Å². The Hall–Kier alpha value is -1.01. The third kappa shape index (κ3) is 1.75. The number of aromatic hydroxyl groups is 1. The fraction of sp³-hybridized carbons (Fsp3) is 0.364. The monoisotopic (exact) mass is 314 g/mol.